The van der Waals surface area contributed by atoms with Crippen LogP contribution in [-0.2, 0) is 6.42 Å². The van der Waals surface area contributed by atoms with Crippen molar-refractivity contribution in [2.24, 2.45) is 11.8 Å². The zero-order chi connectivity index (χ0) is 13.9. The van der Waals surface area contributed by atoms with Gasteiger partial charge in [-0.05, 0) is 63.3 Å². The van der Waals surface area contributed by atoms with Crippen molar-refractivity contribution in [3.63, 3.8) is 0 Å². The van der Waals surface area contributed by atoms with Crippen LogP contribution >= 0.6 is 0 Å². The van der Waals surface area contributed by atoms with Gasteiger partial charge >= 0.3 is 0 Å². The summed E-state index contributed by atoms with van der Waals surface area (Å²) in [6, 6.07) is 7.00. The topological polar surface area (TPSA) is 12.0 Å². The molecular weight excluding hydrogens is 237 g/mol. The summed E-state index contributed by atoms with van der Waals surface area (Å²) in [6.07, 6.45) is 5.16. The van der Waals surface area contributed by atoms with Gasteiger partial charge in [0, 0.05) is 5.54 Å². The molecule has 0 heterocycles. The third-order valence-corrected chi connectivity index (χ3v) is 4.12. The lowest BCUT2D eigenvalue weighted by molar-refractivity contribution is 0.189. The van der Waals surface area contributed by atoms with Gasteiger partial charge < -0.3 is 5.32 Å². The van der Waals surface area contributed by atoms with E-state index < -0.39 is 0 Å². The second-order valence-corrected chi connectivity index (χ2v) is 6.91. The van der Waals surface area contributed by atoms with Crippen LogP contribution in [0.2, 0.25) is 0 Å². The molecule has 19 heavy (non-hydrogen) atoms. The van der Waals surface area contributed by atoms with Gasteiger partial charge in [0.2, 0.25) is 0 Å². The van der Waals surface area contributed by atoms with Crippen molar-refractivity contribution in [1.29, 1.82) is 0 Å². The van der Waals surface area contributed by atoms with Crippen LogP contribution in [0.4, 0.5) is 4.39 Å². The van der Waals surface area contributed by atoms with Gasteiger partial charge in [-0.15, -0.1) is 0 Å². The zero-order valence-corrected chi connectivity index (χ0v) is 12.4. The molecule has 1 atom stereocenters. The predicted molar refractivity (Wildman–Crippen MR) is 78.7 cm³/mol. The van der Waals surface area contributed by atoms with Gasteiger partial charge in [-0.3, -0.25) is 0 Å². The Labute approximate surface area is 116 Å². The largest absolute Gasteiger partial charge is 0.312 e. The third-order valence-electron chi connectivity index (χ3n) is 4.12. The Kier molecular flexibility index (Phi) is 4.62. The SMILES string of the molecule is CC(C)(C)NCC(Cc1ccc(F)cc1)C1CCC1. The highest BCUT2D eigenvalue weighted by Gasteiger charge is 2.28. The predicted octanol–water partition coefficient (Wildman–Crippen LogP) is 4.17. The Morgan fingerprint density at radius 3 is 2.32 bits per heavy atom. The fourth-order valence-corrected chi connectivity index (χ4v) is 2.68. The van der Waals surface area contributed by atoms with E-state index in [0.29, 0.717) is 5.92 Å². The summed E-state index contributed by atoms with van der Waals surface area (Å²) in [5.41, 5.74) is 1.43. The first-order valence-electron chi connectivity index (χ1n) is 7.43. The highest BCUT2D eigenvalue weighted by Crippen LogP contribution is 2.35. The van der Waals surface area contributed by atoms with E-state index in [1.807, 2.05) is 12.1 Å². The Morgan fingerprint density at radius 2 is 1.84 bits per heavy atom. The number of rotatable bonds is 5. The molecule has 2 rings (SSSR count). The van der Waals surface area contributed by atoms with Crippen LogP contribution in [0.15, 0.2) is 24.3 Å². The van der Waals surface area contributed by atoms with E-state index in [9.17, 15) is 4.39 Å². The molecule has 0 aromatic heterocycles. The number of nitrogens with one attached hydrogen (secondary N) is 1. The van der Waals surface area contributed by atoms with Gasteiger partial charge in [-0.25, -0.2) is 4.39 Å². The standard InChI is InChI=1S/C17H26FN/c1-17(2,3)19-12-15(14-5-4-6-14)11-13-7-9-16(18)10-8-13/h7-10,14-15,19H,4-6,11-12H2,1-3H3. The summed E-state index contributed by atoms with van der Waals surface area (Å²) >= 11 is 0. The molecule has 1 N–H and O–H groups in total. The molecule has 1 aliphatic carbocycles. The van der Waals surface area contributed by atoms with E-state index in [2.05, 4.69) is 26.1 Å². The Balaban J connectivity index is 1.95. The van der Waals surface area contributed by atoms with E-state index >= 15 is 0 Å². The van der Waals surface area contributed by atoms with Crippen molar-refractivity contribution in [3.05, 3.63) is 35.6 Å². The van der Waals surface area contributed by atoms with Gasteiger partial charge in [0.25, 0.3) is 0 Å². The third kappa shape index (κ3) is 4.61. The average Bonchev–Trinajstić information content (AvgIpc) is 2.25. The molecular formula is C17H26FN. The van der Waals surface area contributed by atoms with Crippen LogP contribution < -0.4 is 5.32 Å². The van der Waals surface area contributed by atoms with Crippen molar-refractivity contribution in [3.8, 4) is 0 Å². The lowest BCUT2D eigenvalue weighted by atomic mass is 9.73. The number of hydrogen-bond donors (Lipinski definition) is 1. The van der Waals surface area contributed by atoms with Crippen LogP contribution in [0.3, 0.4) is 0 Å². The van der Waals surface area contributed by atoms with E-state index in [1.165, 1.54) is 24.8 Å². The fourth-order valence-electron chi connectivity index (χ4n) is 2.68. The molecule has 0 amide bonds. The maximum atomic E-state index is 13.0. The first kappa shape index (κ1) is 14.5. The van der Waals surface area contributed by atoms with Crippen LogP contribution in [0.25, 0.3) is 0 Å². The van der Waals surface area contributed by atoms with Crippen molar-refractivity contribution in [2.45, 2.75) is 52.0 Å². The van der Waals surface area contributed by atoms with Crippen LogP contribution in [0.1, 0.15) is 45.6 Å². The second kappa shape index (κ2) is 6.04. The smallest absolute Gasteiger partial charge is 0.123 e. The molecule has 106 valence electrons. The van der Waals surface area contributed by atoms with Gasteiger partial charge in [0.15, 0.2) is 0 Å². The molecule has 0 spiro atoms. The summed E-state index contributed by atoms with van der Waals surface area (Å²) in [5, 5.41) is 3.63. The molecule has 0 radical (unpaired) electrons. The fraction of sp³-hybridized carbons (Fsp3) is 0.647. The highest BCUT2D eigenvalue weighted by molar-refractivity contribution is 5.17. The molecule has 1 aliphatic rings. The molecule has 1 saturated carbocycles. The van der Waals surface area contributed by atoms with Crippen molar-refractivity contribution in [2.75, 3.05) is 6.54 Å². The van der Waals surface area contributed by atoms with Gasteiger partial charge in [-0.1, -0.05) is 31.4 Å². The maximum Gasteiger partial charge on any atom is 0.123 e. The molecule has 0 saturated heterocycles. The molecule has 1 fully saturated rings. The molecule has 1 unspecified atom stereocenters. The average molecular weight is 263 g/mol. The summed E-state index contributed by atoms with van der Waals surface area (Å²) in [6.45, 7) is 7.69. The van der Waals surface area contributed by atoms with E-state index in [4.69, 9.17) is 0 Å². The van der Waals surface area contributed by atoms with Crippen molar-refractivity contribution in [1.82, 2.24) is 5.32 Å². The minimum atomic E-state index is -0.142. The number of halogens is 1. The molecule has 0 bridgehead atoms. The van der Waals surface area contributed by atoms with Crippen LogP contribution in [-0.4, -0.2) is 12.1 Å². The first-order valence-corrected chi connectivity index (χ1v) is 7.43. The second-order valence-electron chi connectivity index (χ2n) is 6.91. The van der Waals surface area contributed by atoms with E-state index in [0.717, 1.165) is 18.9 Å². The van der Waals surface area contributed by atoms with Gasteiger partial charge in [0.05, 0.1) is 0 Å². The molecule has 1 aromatic carbocycles. The lowest BCUT2D eigenvalue weighted by Crippen LogP contribution is -2.42. The van der Waals surface area contributed by atoms with Crippen molar-refractivity contribution >= 4 is 0 Å². The van der Waals surface area contributed by atoms with Gasteiger partial charge in [-0.2, -0.15) is 0 Å². The van der Waals surface area contributed by atoms with Crippen LogP contribution in [0, 0.1) is 17.7 Å². The zero-order valence-electron chi connectivity index (χ0n) is 12.4. The summed E-state index contributed by atoms with van der Waals surface area (Å²) in [7, 11) is 0. The van der Waals surface area contributed by atoms with E-state index in [-0.39, 0.29) is 11.4 Å². The van der Waals surface area contributed by atoms with Gasteiger partial charge in [0.1, 0.15) is 5.82 Å². The molecule has 2 heteroatoms. The lowest BCUT2D eigenvalue weighted by Gasteiger charge is -2.36. The minimum Gasteiger partial charge on any atom is -0.312 e. The summed E-state index contributed by atoms with van der Waals surface area (Å²) in [4.78, 5) is 0. The normalized spacial score (nSPS) is 18.1. The minimum absolute atomic E-state index is 0.142. The highest BCUT2D eigenvalue weighted by atomic mass is 19.1. The summed E-state index contributed by atoms with van der Waals surface area (Å²) < 4.78 is 13.0. The Morgan fingerprint density at radius 1 is 1.21 bits per heavy atom. The molecule has 0 aliphatic heterocycles. The van der Waals surface area contributed by atoms with Crippen molar-refractivity contribution < 1.29 is 4.39 Å². The first-order chi connectivity index (χ1) is 8.94. The Hall–Kier alpha value is -0.890. The Bertz CT molecular complexity index is 387. The number of benzene rings is 1. The van der Waals surface area contributed by atoms with E-state index in [1.54, 1.807) is 12.1 Å². The quantitative estimate of drug-likeness (QED) is 0.840. The monoisotopic (exact) mass is 263 g/mol. The number of hydrogen-bond acceptors (Lipinski definition) is 1. The summed E-state index contributed by atoms with van der Waals surface area (Å²) in [5.74, 6) is 1.38. The van der Waals surface area contributed by atoms with Crippen LogP contribution in [0.5, 0.6) is 0 Å². The maximum absolute atomic E-state index is 13.0. The molecule has 1 aromatic rings. The molecule has 1 nitrogen and oxygen atoms in total.